The highest BCUT2D eigenvalue weighted by Crippen LogP contribution is 2.10. The Labute approximate surface area is 109 Å². The van der Waals surface area contributed by atoms with Crippen molar-refractivity contribution in [3.8, 4) is 0 Å². The lowest BCUT2D eigenvalue weighted by Crippen LogP contribution is -2.31. The number of aryl methyl sites for hydroxylation is 1. The number of carbonyl (C=O) groups excluding carboxylic acids is 1. The fourth-order valence-corrected chi connectivity index (χ4v) is 1.72. The van der Waals surface area contributed by atoms with Crippen LogP contribution >= 0.6 is 0 Å². The Bertz CT molecular complexity index is 413. The van der Waals surface area contributed by atoms with Gasteiger partial charge >= 0.3 is 0 Å². The second-order valence-electron chi connectivity index (χ2n) is 4.46. The molecule has 0 aliphatic carbocycles. The van der Waals surface area contributed by atoms with Gasteiger partial charge in [0.15, 0.2) is 0 Å². The molecule has 5 nitrogen and oxygen atoms in total. The van der Waals surface area contributed by atoms with E-state index in [1.165, 1.54) is 0 Å². The van der Waals surface area contributed by atoms with Crippen LogP contribution in [0.1, 0.15) is 44.0 Å². The van der Waals surface area contributed by atoms with E-state index in [9.17, 15) is 4.79 Å². The normalized spacial score (nSPS) is 10.6. The van der Waals surface area contributed by atoms with Gasteiger partial charge in [-0.2, -0.15) is 0 Å². The van der Waals surface area contributed by atoms with Crippen LogP contribution in [0.15, 0.2) is 6.07 Å². The molecule has 0 aliphatic heterocycles. The van der Waals surface area contributed by atoms with Gasteiger partial charge in [-0.3, -0.25) is 4.79 Å². The van der Waals surface area contributed by atoms with Crippen molar-refractivity contribution >= 4 is 11.7 Å². The standard InChI is InChI=1S/C13H22N4O/c1-6-17(7-2)13(18)11-8-12(14-9(3)4)16-10(5)15-11/h8-9H,6-7H2,1-5H3,(H,14,15,16). The van der Waals surface area contributed by atoms with Gasteiger partial charge in [-0.05, 0) is 34.6 Å². The minimum atomic E-state index is -0.0442. The monoisotopic (exact) mass is 250 g/mol. The molecule has 0 saturated heterocycles. The summed E-state index contributed by atoms with van der Waals surface area (Å²) in [4.78, 5) is 22.4. The molecule has 1 aromatic heterocycles. The van der Waals surface area contributed by atoms with E-state index in [-0.39, 0.29) is 11.9 Å². The largest absolute Gasteiger partial charge is 0.368 e. The first-order valence-corrected chi connectivity index (χ1v) is 6.39. The third-order valence-electron chi connectivity index (χ3n) is 2.54. The van der Waals surface area contributed by atoms with E-state index in [2.05, 4.69) is 15.3 Å². The quantitative estimate of drug-likeness (QED) is 0.869. The Hall–Kier alpha value is -1.65. The van der Waals surface area contributed by atoms with Crippen molar-refractivity contribution in [1.82, 2.24) is 14.9 Å². The van der Waals surface area contributed by atoms with Gasteiger partial charge in [0.2, 0.25) is 0 Å². The van der Waals surface area contributed by atoms with Crippen molar-refractivity contribution in [2.75, 3.05) is 18.4 Å². The van der Waals surface area contributed by atoms with Crippen LogP contribution in [0.2, 0.25) is 0 Å². The third-order valence-corrected chi connectivity index (χ3v) is 2.54. The summed E-state index contributed by atoms with van der Waals surface area (Å²) in [7, 11) is 0. The van der Waals surface area contributed by atoms with Crippen molar-refractivity contribution < 1.29 is 4.79 Å². The summed E-state index contributed by atoms with van der Waals surface area (Å²) in [5.74, 6) is 1.27. The molecule has 0 aromatic carbocycles. The molecule has 0 fully saturated rings. The Balaban J connectivity index is 3.01. The van der Waals surface area contributed by atoms with Crippen LogP contribution in [0, 0.1) is 6.92 Å². The SMILES string of the molecule is CCN(CC)C(=O)c1cc(NC(C)C)nc(C)n1. The van der Waals surface area contributed by atoms with Crippen LogP contribution in [0.3, 0.4) is 0 Å². The molecule has 0 radical (unpaired) electrons. The fraction of sp³-hybridized carbons (Fsp3) is 0.615. The summed E-state index contributed by atoms with van der Waals surface area (Å²) in [6.45, 7) is 11.2. The molecule has 0 aliphatic rings. The zero-order valence-electron chi connectivity index (χ0n) is 11.8. The molecule has 0 atom stereocenters. The number of nitrogens with zero attached hydrogens (tertiary/aromatic N) is 3. The summed E-state index contributed by atoms with van der Waals surface area (Å²) in [5, 5.41) is 3.19. The predicted octanol–water partition coefficient (Wildman–Crippen LogP) is 2.09. The third kappa shape index (κ3) is 3.68. The molecule has 1 N–H and O–H groups in total. The highest BCUT2D eigenvalue weighted by molar-refractivity contribution is 5.93. The van der Waals surface area contributed by atoms with Crippen molar-refractivity contribution in [2.45, 2.75) is 40.7 Å². The van der Waals surface area contributed by atoms with Crippen molar-refractivity contribution in [3.63, 3.8) is 0 Å². The lowest BCUT2D eigenvalue weighted by Gasteiger charge is -2.18. The topological polar surface area (TPSA) is 58.1 Å². The number of anilines is 1. The summed E-state index contributed by atoms with van der Waals surface area (Å²) >= 11 is 0. The fourth-order valence-electron chi connectivity index (χ4n) is 1.72. The molecular formula is C13H22N4O. The van der Waals surface area contributed by atoms with Gasteiger partial charge in [-0.15, -0.1) is 0 Å². The van der Waals surface area contributed by atoms with Crippen LogP contribution in [-0.2, 0) is 0 Å². The van der Waals surface area contributed by atoms with Crippen LogP contribution in [0.25, 0.3) is 0 Å². The molecule has 0 saturated carbocycles. The van der Waals surface area contributed by atoms with E-state index in [1.54, 1.807) is 17.9 Å². The first kappa shape index (κ1) is 14.4. The Kier molecular flexibility index (Phi) is 5.07. The van der Waals surface area contributed by atoms with Gasteiger partial charge in [0, 0.05) is 25.2 Å². The number of nitrogens with one attached hydrogen (secondary N) is 1. The molecule has 18 heavy (non-hydrogen) atoms. The Morgan fingerprint density at radius 1 is 1.33 bits per heavy atom. The van der Waals surface area contributed by atoms with Gasteiger partial charge in [0.1, 0.15) is 17.3 Å². The highest BCUT2D eigenvalue weighted by atomic mass is 16.2. The predicted molar refractivity (Wildman–Crippen MR) is 72.8 cm³/mol. The number of aromatic nitrogens is 2. The number of hydrogen-bond acceptors (Lipinski definition) is 4. The zero-order valence-corrected chi connectivity index (χ0v) is 11.8. The Morgan fingerprint density at radius 3 is 2.44 bits per heavy atom. The summed E-state index contributed by atoms with van der Waals surface area (Å²) in [5.41, 5.74) is 0.453. The molecular weight excluding hydrogens is 228 g/mol. The van der Waals surface area contributed by atoms with Gasteiger partial charge in [-0.1, -0.05) is 0 Å². The molecule has 1 rings (SSSR count). The van der Waals surface area contributed by atoms with Crippen molar-refractivity contribution in [3.05, 3.63) is 17.6 Å². The van der Waals surface area contributed by atoms with E-state index in [0.29, 0.717) is 30.4 Å². The summed E-state index contributed by atoms with van der Waals surface area (Å²) in [6, 6.07) is 1.99. The van der Waals surface area contributed by atoms with Gasteiger partial charge < -0.3 is 10.2 Å². The maximum atomic E-state index is 12.2. The first-order valence-electron chi connectivity index (χ1n) is 6.39. The van der Waals surface area contributed by atoms with Crippen LogP contribution < -0.4 is 5.32 Å². The maximum Gasteiger partial charge on any atom is 0.272 e. The molecule has 100 valence electrons. The molecule has 0 bridgehead atoms. The number of rotatable bonds is 5. The van der Waals surface area contributed by atoms with Crippen molar-refractivity contribution in [1.29, 1.82) is 0 Å². The molecule has 1 aromatic rings. The summed E-state index contributed by atoms with van der Waals surface area (Å²) < 4.78 is 0. The van der Waals surface area contributed by atoms with E-state index < -0.39 is 0 Å². The second-order valence-corrected chi connectivity index (χ2v) is 4.46. The van der Waals surface area contributed by atoms with Crippen molar-refractivity contribution in [2.24, 2.45) is 0 Å². The minimum Gasteiger partial charge on any atom is -0.368 e. The average molecular weight is 250 g/mol. The molecule has 1 heterocycles. The number of amides is 1. The van der Waals surface area contributed by atoms with Crippen LogP contribution in [-0.4, -0.2) is 39.9 Å². The second kappa shape index (κ2) is 6.33. The molecule has 1 amide bonds. The van der Waals surface area contributed by atoms with E-state index in [4.69, 9.17) is 0 Å². The number of carbonyl (C=O) groups is 1. The zero-order chi connectivity index (χ0) is 13.7. The first-order chi connectivity index (χ1) is 8.47. The van der Waals surface area contributed by atoms with Gasteiger partial charge in [0.25, 0.3) is 5.91 Å². The van der Waals surface area contributed by atoms with E-state index in [1.807, 2.05) is 27.7 Å². The van der Waals surface area contributed by atoms with Crippen LogP contribution in [0.5, 0.6) is 0 Å². The van der Waals surface area contributed by atoms with Gasteiger partial charge in [0.05, 0.1) is 0 Å². The van der Waals surface area contributed by atoms with E-state index in [0.717, 1.165) is 0 Å². The Morgan fingerprint density at radius 2 is 1.94 bits per heavy atom. The highest BCUT2D eigenvalue weighted by Gasteiger charge is 2.15. The lowest BCUT2D eigenvalue weighted by molar-refractivity contribution is 0.0766. The van der Waals surface area contributed by atoms with Crippen LogP contribution in [0.4, 0.5) is 5.82 Å². The maximum absolute atomic E-state index is 12.2. The molecule has 0 unspecified atom stereocenters. The summed E-state index contributed by atoms with van der Waals surface area (Å²) in [6.07, 6.45) is 0. The van der Waals surface area contributed by atoms with Gasteiger partial charge in [-0.25, -0.2) is 9.97 Å². The molecule has 5 heteroatoms. The number of hydrogen-bond donors (Lipinski definition) is 1. The van der Waals surface area contributed by atoms with E-state index >= 15 is 0 Å². The minimum absolute atomic E-state index is 0.0442. The smallest absolute Gasteiger partial charge is 0.272 e. The lowest BCUT2D eigenvalue weighted by atomic mass is 10.3. The average Bonchev–Trinajstić information content (AvgIpc) is 2.28. The molecule has 0 spiro atoms.